The van der Waals surface area contributed by atoms with Gasteiger partial charge in [-0.15, -0.1) is 0 Å². The number of para-hydroxylation sites is 1. The number of esters is 1. The second-order valence-corrected chi connectivity index (χ2v) is 11.2. The predicted molar refractivity (Wildman–Crippen MR) is 165 cm³/mol. The van der Waals surface area contributed by atoms with Gasteiger partial charge in [-0.05, 0) is 69.2 Å². The van der Waals surface area contributed by atoms with Gasteiger partial charge in [-0.25, -0.2) is 14.6 Å². The average Bonchev–Trinajstić information content (AvgIpc) is 3.45. The highest BCUT2D eigenvalue weighted by Crippen LogP contribution is 2.37. The molecule has 1 aliphatic heterocycles. The number of carboxylic acids is 1. The summed E-state index contributed by atoms with van der Waals surface area (Å²) >= 11 is 1.27. The Kier molecular flexibility index (Phi) is 8.50. The summed E-state index contributed by atoms with van der Waals surface area (Å²) in [4.78, 5) is 44.5. The summed E-state index contributed by atoms with van der Waals surface area (Å²) in [6, 6.07) is 15.3. The fourth-order valence-electron chi connectivity index (χ4n) is 5.56. The monoisotopic (exact) mass is 599 g/mol. The summed E-state index contributed by atoms with van der Waals surface area (Å²) in [6.45, 7) is 7.82. The van der Waals surface area contributed by atoms with Crippen LogP contribution in [0.25, 0.3) is 11.8 Å². The SMILES string of the molecule is CCCC1=C(C(=O)OCC)[C@H](c2ccccc2OC)n2c(s/c(=C\c3cc(C)n(-c4cccc(C(=O)O)c4)c3C)c2=O)=N1. The van der Waals surface area contributed by atoms with E-state index in [0.717, 1.165) is 29.1 Å². The molecule has 1 aliphatic rings. The maximum absolute atomic E-state index is 14.2. The summed E-state index contributed by atoms with van der Waals surface area (Å²) < 4.78 is 15.1. The molecule has 2 aromatic heterocycles. The van der Waals surface area contributed by atoms with Crippen LogP contribution in [0.1, 0.15) is 65.6 Å². The Morgan fingerprint density at radius 1 is 1.09 bits per heavy atom. The number of methoxy groups -OCH3 is 1. The van der Waals surface area contributed by atoms with Crippen LogP contribution in [0.5, 0.6) is 5.75 Å². The first-order valence-corrected chi connectivity index (χ1v) is 14.9. The van der Waals surface area contributed by atoms with E-state index in [1.807, 2.05) is 67.8 Å². The summed E-state index contributed by atoms with van der Waals surface area (Å²) in [6.07, 6.45) is 3.13. The lowest BCUT2D eigenvalue weighted by Crippen LogP contribution is -2.40. The molecule has 43 heavy (non-hydrogen) atoms. The molecule has 0 saturated carbocycles. The number of thiazole rings is 1. The number of hydrogen-bond donors (Lipinski definition) is 1. The number of rotatable bonds is 9. The highest BCUT2D eigenvalue weighted by Gasteiger charge is 2.35. The van der Waals surface area contributed by atoms with Crippen LogP contribution in [0.4, 0.5) is 0 Å². The van der Waals surface area contributed by atoms with Gasteiger partial charge in [0.15, 0.2) is 4.80 Å². The first-order chi connectivity index (χ1) is 20.7. The normalized spacial score (nSPS) is 14.8. The number of benzene rings is 2. The van der Waals surface area contributed by atoms with E-state index in [1.165, 1.54) is 11.3 Å². The predicted octanol–water partition coefficient (Wildman–Crippen LogP) is 4.69. The van der Waals surface area contributed by atoms with Crippen molar-refractivity contribution in [1.82, 2.24) is 9.13 Å². The highest BCUT2D eigenvalue weighted by atomic mass is 32.1. The van der Waals surface area contributed by atoms with Gasteiger partial charge in [0.05, 0.1) is 35.1 Å². The fraction of sp³-hybridized carbons (Fsp3) is 0.273. The number of aromatic carboxylic acids is 1. The maximum atomic E-state index is 14.2. The Morgan fingerprint density at radius 2 is 1.86 bits per heavy atom. The molecule has 1 atom stereocenters. The van der Waals surface area contributed by atoms with Crippen LogP contribution in [0.3, 0.4) is 0 Å². The Balaban J connectivity index is 1.73. The number of allylic oxidation sites excluding steroid dienone is 1. The van der Waals surface area contributed by atoms with Crippen LogP contribution in [0.2, 0.25) is 0 Å². The molecule has 1 N–H and O–H groups in total. The van der Waals surface area contributed by atoms with Crippen molar-refractivity contribution in [3.05, 3.63) is 114 Å². The van der Waals surface area contributed by atoms with Crippen molar-refractivity contribution >= 4 is 29.4 Å². The summed E-state index contributed by atoms with van der Waals surface area (Å²) in [5.74, 6) is -0.958. The Labute approximate surface area is 252 Å². The lowest BCUT2D eigenvalue weighted by atomic mass is 9.93. The molecule has 0 spiro atoms. The zero-order valence-corrected chi connectivity index (χ0v) is 25.5. The van der Waals surface area contributed by atoms with Crippen LogP contribution >= 0.6 is 11.3 Å². The Hall–Kier alpha value is -4.70. The zero-order valence-electron chi connectivity index (χ0n) is 24.7. The molecule has 0 amide bonds. The number of fused-ring (bicyclic) bond motifs is 1. The lowest BCUT2D eigenvalue weighted by molar-refractivity contribution is -0.139. The fourth-order valence-corrected chi connectivity index (χ4v) is 6.57. The van der Waals surface area contributed by atoms with Crippen molar-refractivity contribution in [1.29, 1.82) is 0 Å². The summed E-state index contributed by atoms with van der Waals surface area (Å²) in [7, 11) is 1.56. The van der Waals surface area contributed by atoms with Crippen LogP contribution in [-0.4, -0.2) is 39.9 Å². The van der Waals surface area contributed by atoms with E-state index in [1.54, 1.807) is 36.8 Å². The second kappa shape index (κ2) is 12.3. The third-order valence-electron chi connectivity index (χ3n) is 7.43. The van der Waals surface area contributed by atoms with E-state index < -0.39 is 18.0 Å². The number of hydrogen-bond acceptors (Lipinski definition) is 7. The molecular formula is C33H33N3O6S. The molecule has 0 fully saturated rings. The largest absolute Gasteiger partial charge is 0.496 e. The summed E-state index contributed by atoms with van der Waals surface area (Å²) in [5.41, 5.74) is 4.79. The van der Waals surface area contributed by atoms with E-state index in [2.05, 4.69) is 0 Å². The van der Waals surface area contributed by atoms with Gasteiger partial charge >= 0.3 is 11.9 Å². The molecule has 3 heterocycles. The smallest absolute Gasteiger partial charge is 0.338 e. The standard InChI is InChI=1S/C33H33N3O6S/c1-6-11-25-28(32(40)42-7-2)29(24-14-8-9-15-26(24)41-5)36-30(37)27(43-33(36)34-25)18-22-16-19(3)35(20(22)4)23-13-10-12-21(17-23)31(38)39/h8-10,12-18,29H,6-7,11H2,1-5H3,(H,38,39)/b27-18-/t29-/m0/s1. The minimum absolute atomic E-state index is 0.190. The van der Waals surface area contributed by atoms with Crippen molar-refractivity contribution in [3.63, 3.8) is 0 Å². The molecule has 10 heteroatoms. The van der Waals surface area contributed by atoms with Gasteiger partial charge in [0.25, 0.3) is 5.56 Å². The lowest BCUT2D eigenvalue weighted by Gasteiger charge is -2.26. The quantitative estimate of drug-likeness (QED) is 0.280. The van der Waals surface area contributed by atoms with Gasteiger partial charge in [-0.3, -0.25) is 9.36 Å². The number of carbonyl (C=O) groups excluding carboxylic acids is 1. The van der Waals surface area contributed by atoms with Crippen molar-refractivity contribution < 1.29 is 24.2 Å². The molecule has 0 bridgehead atoms. The topological polar surface area (TPSA) is 112 Å². The van der Waals surface area contributed by atoms with Crippen molar-refractivity contribution in [2.24, 2.45) is 4.99 Å². The van der Waals surface area contributed by atoms with Gasteiger partial charge in [0, 0.05) is 22.6 Å². The first-order valence-electron chi connectivity index (χ1n) is 14.1. The van der Waals surface area contributed by atoms with Gasteiger partial charge in [0.2, 0.25) is 0 Å². The molecule has 0 radical (unpaired) electrons. The molecule has 5 rings (SSSR count). The molecule has 2 aromatic carbocycles. The van der Waals surface area contributed by atoms with E-state index in [4.69, 9.17) is 14.5 Å². The molecule has 0 aliphatic carbocycles. The number of carbonyl (C=O) groups is 2. The molecule has 4 aromatic rings. The molecule has 0 saturated heterocycles. The average molecular weight is 600 g/mol. The van der Waals surface area contributed by atoms with Gasteiger partial charge in [-0.1, -0.05) is 48.9 Å². The van der Waals surface area contributed by atoms with E-state index >= 15 is 0 Å². The summed E-state index contributed by atoms with van der Waals surface area (Å²) in [5, 5.41) is 9.48. The van der Waals surface area contributed by atoms with Crippen molar-refractivity contribution in [3.8, 4) is 11.4 Å². The third-order valence-corrected chi connectivity index (χ3v) is 8.42. The minimum atomic E-state index is -1.00. The van der Waals surface area contributed by atoms with Crippen LogP contribution in [0, 0.1) is 13.8 Å². The van der Waals surface area contributed by atoms with Crippen molar-refractivity contribution in [2.45, 2.75) is 46.6 Å². The van der Waals surface area contributed by atoms with Gasteiger partial charge < -0.3 is 19.1 Å². The Bertz CT molecular complexity index is 1950. The van der Waals surface area contributed by atoms with Crippen molar-refractivity contribution in [2.75, 3.05) is 13.7 Å². The number of aryl methyl sites for hydroxylation is 1. The maximum Gasteiger partial charge on any atom is 0.338 e. The number of nitrogens with zero attached hydrogens (tertiary/aromatic N) is 3. The first kappa shape index (κ1) is 29.8. The highest BCUT2D eigenvalue weighted by molar-refractivity contribution is 7.07. The minimum Gasteiger partial charge on any atom is -0.496 e. The molecule has 0 unspecified atom stereocenters. The molecule has 9 nitrogen and oxygen atoms in total. The van der Waals surface area contributed by atoms with E-state index in [-0.39, 0.29) is 17.7 Å². The molecular weight excluding hydrogens is 566 g/mol. The number of aromatic nitrogens is 2. The van der Waals surface area contributed by atoms with Gasteiger partial charge in [0.1, 0.15) is 11.8 Å². The van der Waals surface area contributed by atoms with Gasteiger partial charge in [-0.2, -0.15) is 0 Å². The van der Waals surface area contributed by atoms with Crippen LogP contribution < -0.4 is 19.6 Å². The molecule has 222 valence electrons. The van der Waals surface area contributed by atoms with Crippen LogP contribution in [0.15, 0.2) is 75.7 Å². The number of carboxylic acid groups (broad SMARTS) is 1. The van der Waals surface area contributed by atoms with E-state index in [0.29, 0.717) is 38.3 Å². The van der Waals surface area contributed by atoms with Crippen LogP contribution in [-0.2, 0) is 9.53 Å². The zero-order chi connectivity index (χ0) is 30.8. The second-order valence-electron chi connectivity index (χ2n) is 10.2. The van der Waals surface area contributed by atoms with E-state index in [9.17, 15) is 19.5 Å². The Morgan fingerprint density at radius 3 is 2.56 bits per heavy atom. The number of ether oxygens (including phenoxy) is 2. The third kappa shape index (κ3) is 5.46.